The van der Waals surface area contributed by atoms with E-state index in [1.165, 1.54) is 5.57 Å². The van der Waals surface area contributed by atoms with Crippen LogP contribution in [0.2, 0.25) is 10.0 Å². The smallest absolute Gasteiger partial charge is 0.336 e. The maximum Gasteiger partial charge on any atom is 0.336 e. The van der Waals surface area contributed by atoms with Gasteiger partial charge < -0.3 is 13.9 Å². The molecule has 0 radical (unpaired) electrons. The summed E-state index contributed by atoms with van der Waals surface area (Å²) in [6.45, 7) is 5.01. The van der Waals surface area contributed by atoms with Gasteiger partial charge in [0.05, 0.1) is 29.0 Å². The first-order valence-electron chi connectivity index (χ1n) is 10.8. The van der Waals surface area contributed by atoms with Crippen molar-refractivity contribution in [2.45, 2.75) is 19.8 Å². The molecule has 0 bridgehead atoms. The van der Waals surface area contributed by atoms with Crippen molar-refractivity contribution in [2.24, 2.45) is 0 Å². The van der Waals surface area contributed by atoms with Gasteiger partial charge in [-0.05, 0) is 48.2 Å². The lowest BCUT2D eigenvalue weighted by atomic mass is 9.99. The summed E-state index contributed by atoms with van der Waals surface area (Å²) in [6, 6.07) is 13.2. The molecule has 172 valence electrons. The second kappa shape index (κ2) is 10.4. The fourth-order valence-electron chi connectivity index (χ4n) is 3.83. The Labute approximate surface area is 202 Å². The highest BCUT2D eigenvalue weighted by molar-refractivity contribution is 6.42. The minimum Gasteiger partial charge on any atom is -0.493 e. The first-order chi connectivity index (χ1) is 15.9. The number of rotatable bonds is 7. The van der Waals surface area contributed by atoms with Gasteiger partial charge in [-0.3, -0.25) is 10.3 Å². The third kappa shape index (κ3) is 5.77. The summed E-state index contributed by atoms with van der Waals surface area (Å²) in [5.41, 5.74) is 3.08. The van der Waals surface area contributed by atoms with Crippen LogP contribution in [-0.4, -0.2) is 42.9 Å². The summed E-state index contributed by atoms with van der Waals surface area (Å²) in [6.07, 6.45) is 4.14. The van der Waals surface area contributed by atoms with Crippen molar-refractivity contribution in [2.75, 3.05) is 26.2 Å². The molecule has 0 amide bonds. The van der Waals surface area contributed by atoms with Crippen molar-refractivity contribution in [1.82, 2.24) is 4.90 Å². The van der Waals surface area contributed by atoms with Crippen LogP contribution in [0.3, 0.4) is 0 Å². The van der Waals surface area contributed by atoms with E-state index in [4.69, 9.17) is 47.9 Å². The zero-order chi connectivity index (χ0) is 23.4. The van der Waals surface area contributed by atoms with Crippen LogP contribution in [0.5, 0.6) is 5.75 Å². The number of nitrogens with zero attached hydrogens (tertiary/aromatic N) is 1. The van der Waals surface area contributed by atoms with E-state index in [2.05, 4.69) is 11.0 Å². The van der Waals surface area contributed by atoms with Crippen LogP contribution in [0.15, 0.2) is 53.0 Å². The molecule has 1 aliphatic rings. The van der Waals surface area contributed by atoms with Gasteiger partial charge in [0, 0.05) is 25.7 Å². The van der Waals surface area contributed by atoms with E-state index in [1.807, 2.05) is 36.4 Å². The number of hydrogen-bond acceptors (Lipinski definition) is 5. The molecular weight excluding hydrogens is 461 g/mol. The number of furan rings is 1. The normalized spacial score (nSPS) is 14.2. The number of halogens is 2. The van der Waals surface area contributed by atoms with Gasteiger partial charge in [-0.15, -0.1) is 0 Å². The third-order valence-corrected chi connectivity index (χ3v) is 6.21. The SMILES string of the molecule is CC(=[NH2+])OC(=N)c1cc2c(OCCCN3CC=C(c4ccc(Cl)c(Cl)c4)CC3)cccc2o1. The Kier molecular flexibility index (Phi) is 7.38. The summed E-state index contributed by atoms with van der Waals surface area (Å²) >= 11 is 12.2. The fraction of sp³-hybridized carbons (Fsp3) is 0.280. The Morgan fingerprint density at radius 2 is 2.03 bits per heavy atom. The highest BCUT2D eigenvalue weighted by Crippen LogP contribution is 2.30. The van der Waals surface area contributed by atoms with Crippen molar-refractivity contribution >= 4 is 51.5 Å². The minimum atomic E-state index is -0.129. The third-order valence-electron chi connectivity index (χ3n) is 5.47. The predicted molar refractivity (Wildman–Crippen MR) is 132 cm³/mol. The van der Waals surface area contributed by atoms with E-state index in [0.29, 0.717) is 28.0 Å². The maximum absolute atomic E-state index is 7.95. The topological polar surface area (TPSA) is 84.3 Å². The molecule has 0 aliphatic carbocycles. The van der Waals surface area contributed by atoms with Gasteiger partial charge in [0.25, 0.3) is 5.90 Å². The summed E-state index contributed by atoms with van der Waals surface area (Å²) in [7, 11) is 0. The number of fused-ring (bicyclic) bond motifs is 1. The Bertz CT molecular complexity index is 1220. The lowest BCUT2D eigenvalue weighted by Crippen LogP contribution is -2.40. The Balaban J connectivity index is 1.29. The van der Waals surface area contributed by atoms with Crippen molar-refractivity contribution in [3.8, 4) is 5.75 Å². The van der Waals surface area contributed by atoms with Gasteiger partial charge in [-0.25, -0.2) is 5.41 Å². The van der Waals surface area contributed by atoms with Crippen LogP contribution in [0.4, 0.5) is 0 Å². The molecule has 4 rings (SSSR count). The van der Waals surface area contributed by atoms with Gasteiger partial charge in [0.2, 0.25) is 0 Å². The van der Waals surface area contributed by atoms with Crippen LogP contribution in [0.1, 0.15) is 31.1 Å². The first-order valence-corrected chi connectivity index (χ1v) is 11.5. The second-order valence-corrected chi connectivity index (χ2v) is 8.75. The van der Waals surface area contributed by atoms with E-state index in [9.17, 15) is 0 Å². The molecule has 6 nitrogen and oxygen atoms in total. The van der Waals surface area contributed by atoms with E-state index in [0.717, 1.165) is 49.2 Å². The molecule has 0 spiro atoms. The van der Waals surface area contributed by atoms with Crippen LogP contribution < -0.4 is 10.1 Å². The number of nitrogens with one attached hydrogen (secondary N) is 1. The molecule has 0 unspecified atom stereocenters. The molecule has 0 fully saturated rings. The van der Waals surface area contributed by atoms with Crippen molar-refractivity contribution in [1.29, 1.82) is 5.41 Å². The Morgan fingerprint density at radius 1 is 1.18 bits per heavy atom. The Morgan fingerprint density at radius 3 is 2.76 bits per heavy atom. The molecule has 0 atom stereocenters. The van der Waals surface area contributed by atoms with Crippen molar-refractivity contribution < 1.29 is 19.3 Å². The van der Waals surface area contributed by atoms with Gasteiger partial charge in [0.1, 0.15) is 11.3 Å². The van der Waals surface area contributed by atoms with Crippen molar-refractivity contribution in [3.05, 3.63) is 69.9 Å². The average Bonchev–Trinajstić information content (AvgIpc) is 3.24. The van der Waals surface area contributed by atoms with Crippen molar-refractivity contribution in [3.63, 3.8) is 0 Å². The molecule has 0 saturated carbocycles. The largest absolute Gasteiger partial charge is 0.493 e. The summed E-state index contributed by atoms with van der Waals surface area (Å²) in [5.74, 6) is 1.09. The zero-order valence-corrected chi connectivity index (χ0v) is 19.9. The highest BCUT2D eigenvalue weighted by Gasteiger charge is 2.16. The Hall–Kier alpha value is -2.80. The molecule has 2 heterocycles. The van der Waals surface area contributed by atoms with Gasteiger partial charge in [-0.2, -0.15) is 0 Å². The summed E-state index contributed by atoms with van der Waals surface area (Å²) < 4.78 is 16.9. The van der Waals surface area contributed by atoms with Crippen LogP contribution in [0, 0.1) is 5.41 Å². The molecule has 1 aromatic heterocycles. The predicted octanol–water partition coefficient (Wildman–Crippen LogP) is 4.82. The summed E-state index contributed by atoms with van der Waals surface area (Å²) in [4.78, 5) is 2.41. The molecule has 3 N–H and O–H groups in total. The van der Waals surface area contributed by atoms with E-state index >= 15 is 0 Å². The first kappa shape index (κ1) is 23.4. The standard InChI is InChI=1S/C25H25Cl2N3O3/c1-16(28)32-25(29)24-15-19-22(4-2-5-23(19)33-24)31-13-3-10-30-11-8-17(9-12-30)18-6-7-20(26)21(27)14-18/h2,4-8,14-15,28-29H,3,9-13H2,1H3/p+1. The number of ether oxygens (including phenoxy) is 2. The molecule has 0 saturated heterocycles. The molecule has 3 aromatic rings. The number of hydrogen-bond donors (Lipinski definition) is 2. The number of benzene rings is 2. The maximum atomic E-state index is 7.95. The lowest BCUT2D eigenvalue weighted by molar-refractivity contribution is -0.133. The minimum absolute atomic E-state index is 0.129. The second-order valence-electron chi connectivity index (χ2n) is 7.93. The van der Waals surface area contributed by atoms with Crippen LogP contribution >= 0.6 is 23.2 Å². The molecular formula is C25H26Cl2N3O3+. The fourth-order valence-corrected chi connectivity index (χ4v) is 4.12. The van der Waals surface area contributed by atoms with Gasteiger partial charge in [-0.1, -0.05) is 41.4 Å². The zero-order valence-electron chi connectivity index (χ0n) is 18.4. The molecule has 8 heteroatoms. The van der Waals surface area contributed by atoms with Gasteiger partial charge >= 0.3 is 5.90 Å². The quantitative estimate of drug-likeness (QED) is 0.285. The van der Waals surface area contributed by atoms with E-state index < -0.39 is 0 Å². The number of nitrogens with two attached hydrogens (primary N) is 1. The van der Waals surface area contributed by atoms with Crippen LogP contribution in [0.25, 0.3) is 16.5 Å². The molecule has 1 aliphatic heterocycles. The average molecular weight is 487 g/mol. The summed E-state index contributed by atoms with van der Waals surface area (Å²) in [5, 5.41) is 15.4. The van der Waals surface area contributed by atoms with E-state index in [1.54, 1.807) is 13.0 Å². The van der Waals surface area contributed by atoms with E-state index in [-0.39, 0.29) is 11.8 Å². The monoisotopic (exact) mass is 486 g/mol. The highest BCUT2D eigenvalue weighted by atomic mass is 35.5. The molecule has 33 heavy (non-hydrogen) atoms. The molecule has 2 aromatic carbocycles. The van der Waals surface area contributed by atoms with Gasteiger partial charge in [0.15, 0.2) is 5.76 Å². The van der Waals surface area contributed by atoms with Crippen LogP contribution in [-0.2, 0) is 4.74 Å². The lowest BCUT2D eigenvalue weighted by Gasteiger charge is -2.26.